The average molecular weight is 809 g/mol. The molecule has 0 aliphatic rings. The molecule has 0 spiro atoms. The van der Waals surface area contributed by atoms with Crippen LogP contribution in [0.25, 0.3) is 0 Å². The third kappa shape index (κ3) is 41.3. The number of carbonyl (C=O) groups excluding carboxylic acids is 2. The maximum atomic E-state index is 12.7. The van der Waals surface area contributed by atoms with Crippen LogP contribution in [0, 0.1) is 0 Å². The van der Waals surface area contributed by atoms with Crippen molar-refractivity contribution in [2.24, 2.45) is 0 Å². The predicted molar refractivity (Wildman–Crippen MR) is 233 cm³/mol. The molecular formula is C46H83NO8P+. The lowest BCUT2D eigenvalue weighted by atomic mass is 10.1. The Labute approximate surface area is 343 Å². The van der Waals surface area contributed by atoms with E-state index in [4.69, 9.17) is 18.5 Å². The van der Waals surface area contributed by atoms with Gasteiger partial charge in [0.15, 0.2) is 6.10 Å². The van der Waals surface area contributed by atoms with Gasteiger partial charge < -0.3 is 18.9 Å². The maximum absolute atomic E-state index is 12.7. The van der Waals surface area contributed by atoms with Gasteiger partial charge in [0.1, 0.15) is 19.8 Å². The highest BCUT2D eigenvalue weighted by Crippen LogP contribution is 2.43. The number of rotatable bonds is 39. The first-order valence-electron chi connectivity index (χ1n) is 22.0. The van der Waals surface area contributed by atoms with Crippen molar-refractivity contribution < 1.29 is 42.1 Å². The molecule has 324 valence electrons. The third-order valence-corrected chi connectivity index (χ3v) is 10.0. The fourth-order valence-corrected chi connectivity index (χ4v) is 6.33. The molecule has 0 aromatic carbocycles. The minimum absolute atomic E-state index is 0.0235. The fraction of sp³-hybridized carbons (Fsp3) is 0.739. The van der Waals surface area contributed by atoms with Crippen LogP contribution in [0.1, 0.15) is 168 Å². The summed E-state index contributed by atoms with van der Waals surface area (Å²) in [5, 5.41) is 0. The largest absolute Gasteiger partial charge is 0.472 e. The molecule has 2 atom stereocenters. The summed E-state index contributed by atoms with van der Waals surface area (Å²) < 4.78 is 34.3. The van der Waals surface area contributed by atoms with Gasteiger partial charge in [-0.25, -0.2) is 4.57 Å². The summed E-state index contributed by atoms with van der Waals surface area (Å²) in [6, 6.07) is 0. The molecule has 0 aromatic rings. The number of hydrogen-bond acceptors (Lipinski definition) is 7. The van der Waals surface area contributed by atoms with Crippen LogP contribution in [0.3, 0.4) is 0 Å². The minimum Gasteiger partial charge on any atom is -0.462 e. The lowest BCUT2D eigenvalue weighted by Gasteiger charge is -2.24. The van der Waals surface area contributed by atoms with Crippen LogP contribution in [-0.2, 0) is 32.7 Å². The Kier molecular flexibility index (Phi) is 36.7. The summed E-state index contributed by atoms with van der Waals surface area (Å²) in [6.07, 6.45) is 45.5. The summed E-state index contributed by atoms with van der Waals surface area (Å²) in [5.74, 6) is -0.840. The Morgan fingerprint density at radius 3 is 1.54 bits per heavy atom. The van der Waals surface area contributed by atoms with Gasteiger partial charge in [-0.3, -0.25) is 18.6 Å². The molecular weight excluding hydrogens is 725 g/mol. The van der Waals surface area contributed by atoms with E-state index in [1.165, 1.54) is 44.9 Å². The number of carbonyl (C=O) groups is 2. The highest BCUT2D eigenvalue weighted by atomic mass is 31.2. The Morgan fingerprint density at radius 1 is 0.571 bits per heavy atom. The molecule has 10 heteroatoms. The monoisotopic (exact) mass is 809 g/mol. The van der Waals surface area contributed by atoms with E-state index in [1.54, 1.807) is 0 Å². The summed E-state index contributed by atoms with van der Waals surface area (Å²) in [6.45, 7) is 4.25. The van der Waals surface area contributed by atoms with E-state index in [1.807, 2.05) is 21.1 Å². The van der Waals surface area contributed by atoms with Crippen LogP contribution in [0.2, 0.25) is 0 Å². The molecule has 0 aromatic heterocycles. The summed E-state index contributed by atoms with van der Waals surface area (Å²) in [5.41, 5.74) is 0. The summed E-state index contributed by atoms with van der Waals surface area (Å²) >= 11 is 0. The molecule has 0 radical (unpaired) electrons. The maximum Gasteiger partial charge on any atom is 0.472 e. The molecule has 9 nitrogen and oxygen atoms in total. The van der Waals surface area contributed by atoms with Crippen LogP contribution in [0.15, 0.2) is 60.8 Å². The van der Waals surface area contributed by atoms with Gasteiger partial charge in [-0.1, -0.05) is 139 Å². The number of likely N-dealkylation sites (N-methyl/N-ethyl adjacent to an activating group) is 1. The summed E-state index contributed by atoms with van der Waals surface area (Å²) in [7, 11) is 1.45. The first-order valence-corrected chi connectivity index (χ1v) is 23.5. The van der Waals surface area contributed by atoms with Crippen molar-refractivity contribution in [2.45, 2.75) is 174 Å². The van der Waals surface area contributed by atoms with Gasteiger partial charge in [0.2, 0.25) is 0 Å². The molecule has 0 heterocycles. The quantitative estimate of drug-likeness (QED) is 0.0215. The second-order valence-electron chi connectivity index (χ2n) is 15.7. The van der Waals surface area contributed by atoms with E-state index in [9.17, 15) is 19.0 Å². The van der Waals surface area contributed by atoms with E-state index in [-0.39, 0.29) is 26.1 Å². The van der Waals surface area contributed by atoms with Crippen molar-refractivity contribution in [3.05, 3.63) is 60.8 Å². The van der Waals surface area contributed by atoms with E-state index in [0.717, 1.165) is 83.5 Å². The zero-order valence-corrected chi connectivity index (χ0v) is 37.2. The number of unbranched alkanes of at least 4 members (excludes halogenated alkanes) is 15. The molecule has 0 bridgehead atoms. The second-order valence-corrected chi connectivity index (χ2v) is 17.1. The molecule has 1 unspecified atom stereocenters. The normalized spacial score (nSPS) is 14.2. The van der Waals surface area contributed by atoms with Crippen molar-refractivity contribution >= 4 is 19.8 Å². The van der Waals surface area contributed by atoms with Gasteiger partial charge in [-0.2, -0.15) is 0 Å². The van der Waals surface area contributed by atoms with Crippen LogP contribution >= 0.6 is 7.82 Å². The van der Waals surface area contributed by atoms with Gasteiger partial charge in [-0.05, 0) is 77.0 Å². The van der Waals surface area contributed by atoms with Gasteiger partial charge in [0, 0.05) is 12.8 Å². The smallest absolute Gasteiger partial charge is 0.462 e. The molecule has 0 saturated carbocycles. The van der Waals surface area contributed by atoms with Gasteiger partial charge in [0.05, 0.1) is 27.7 Å². The van der Waals surface area contributed by atoms with E-state index >= 15 is 0 Å². The van der Waals surface area contributed by atoms with Crippen LogP contribution in [-0.4, -0.2) is 74.9 Å². The molecule has 1 N–H and O–H groups in total. The lowest BCUT2D eigenvalue weighted by Crippen LogP contribution is -2.37. The molecule has 0 amide bonds. The third-order valence-electron chi connectivity index (χ3n) is 9.03. The fourth-order valence-electron chi connectivity index (χ4n) is 5.59. The first kappa shape index (κ1) is 53.7. The Balaban J connectivity index is 4.43. The first-order chi connectivity index (χ1) is 27.0. The second kappa shape index (κ2) is 38.2. The van der Waals surface area contributed by atoms with E-state index in [0.29, 0.717) is 23.9 Å². The highest BCUT2D eigenvalue weighted by molar-refractivity contribution is 7.47. The van der Waals surface area contributed by atoms with Crippen molar-refractivity contribution in [2.75, 3.05) is 47.5 Å². The van der Waals surface area contributed by atoms with E-state index in [2.05, 4.69) is 74.6 Å². The molecule has 0 saturated heterocycles. The number of nitrogens with zero attached hydrogens (tertiary/aromatic N) is 1. The molecule has 0 aliphatic carbocycles. The Bertz CT molecular complexity index is 1140. The lowest BCUT2D eigenvalue weighted by molar-refractivity contribution is -0.870. The van der Waals surface area contributed by atoms with Crippen molar-refractivity contribution in [1.82, 2.24) is 0 Å². The SMILES string of the molecule is CC/C=C\C/C=C\C/C=C\C/C=C\CCCCCCC(=O)OC[C@H](COP(=O)(O)OCC[N+](C)(C)C)OC(=O)CCCCCCC/C=C\CCCCCCCC. The van der Waals surface area contributed by atoms with Crippen molar-refractivity contribution in [1.29, 1.82) is 0 Å². The Morgan fingerprint density at radius 2 is 1.02 bits per heavy atom. The Hall–Kier alpha value is -2.29. The van der Waals surface area contributed by atoms with Crippen LogP contribution in [0.4, 0.5) is 0 Å². The standard InChI is InChI=1S/C46H82NO8P/c1-6-8-10-12-14-16-18-20-22-23-25-26-28-30-32-34-36-38-45(48)52-42-44(43-54-56(50,51)53-41-40-47(3,4)5)55-46(49)39-37-35-33-31-29-27-24-21-19-17-15-13-11-9-7-2/h8,10,14,16,20-22,24-26,44H,6-7,9,11-13,15,17-19,23,27-43H2,1-5H3/p+1/b10-8-,16-14-,22-20-,24-21-,26-25-/t44-/m1/s1. The van der Waals surface area contributed by atoms with Gasteiger partial charge >= 0.3 is 19.8 Å². The van der Waals surface area contributed by atoms with Crippen LogP contribution < -0.4 is 0 Å². The summed E-state index contributed by atoms with van der Waals surface area (Å²) in [4.78, 5) is 35.4. The van der Waals surface area contributed by atoms with Crippen LogP contribution in [0.5, 0.6) is 0 Å². The predicted octanol–water partition coefficient (Wildman–Crippen LogP) is 12.5. The molecule has 56 heavy (non-hydrogen) atoms. The molecule has 0 rings (SSSR count). The topological polar surface area (TPSA) is 108 Å². The number of allylic oxidation sites excluding steroid dienone is 10. The van der Waals surface area contributed by atoms with Gasteiger partial charge in [0.25, 0.3) is 0 Å². The number of phosphoric ester groups is 1. The molecule has 0 fully saturated rings. The minimum atomic E-state index is -4.38. The van der Waals surface area contributed by atoms with Crippen molar-refractivity contribution in [3.8, 4) is 0 Å². The van der Waals surface area contributed by atoms with E-state index < -0.39 is 32.5 Å². The zero-order chi connectivity index (χ0) is 41.4. The number of quaternary nitrogens is 1. The number of hydrogen-bond donors (Lipinski definition) is 1. The van der Waals surface area contributed by atoms with Gasteiger partial charge in [-0.15, -0.1) is 0 Å². The highest BCUT2D eigenvalue weighted by Gasteiger charge is 2.27. The number of phosphoric acid groups is 1. The van der Waals surface area contributed by atoms with Crippen molar-refractivity contribution in [3.63, 3.8) is 0 Å². The zero-order valence-electron chi connectivity index (χ0n) is 36.3. The number of esters is 2. The molecule has 0 aliphatic heterocycles. The number of ether oxygens (including phenoxy) is 2. The average Bonchev–Trinajstić information content (AvgIpc) is 3.15.